The minimum atomic E-state index is 0.0184. The van der Waals surface area contributed by atoms with E-state index in [1.165, 1.54) is 12.8 Å². The number of ether oxygens (including phenoxy) is 1. The molecule has 0 amide bonds. The summed E-state index contributed by atoms with van der Waals surface area (Å²) in [4.78, 5) is 0. The number of nitrogens with zero attached hydrogens (tertiary/aromatic N) is 1. The van der Waals surface area contributed by atoms with Gasteiger partial charge in [-0.15, -0.1) is 0 Å². The molecule has 2 unspecified atom stereocenters. The van der Waals surface area contributed by atoms with E-state index < -0.39 is 0 Å². The van der Waals surface area contributed by atoms with Crippen LogP contribution >= 0.6 is 0 Å². The Bertz CT molecular complexity index is 384. The summed E-state index contributed by atoms with van der Waals surface area (Å²) in [6.45, 7) is 0. The van der Waals surface area contributed by atoms with E-state index in [1.807, 2.05) is 30.3 Å². The van der Waals surface area contributed by atoms with Gasteiger partial charge in [-0.3, -0.25) is 0 Å². The summed E-state index contributed by atoms with van der Waals surface area (Å²) in [5.74, 6) is 0.704. The van der Waals surface area contributed by atoms with Crippen LogP contribution in [-0.4, -0.2) is 23.1 Å². The Hall–Kier alpha value is -1.35. The topological polar surface area (TPSA) is 45.1 Å². The van der Waals surface area contributed by atoms with Gasteiger partial charge in [0.15, 0.2) is 0 Å². The first-order valence-electron chi connectivity index (χ1n) is 5.33. The predicted molar refractivity (Wildman–Crippen MR) is 56.2 cm³/mol. The molecule has 1 aromatic rings. The second-order valence-electron chi connectivity index (χ2n) is 4.21. The zero-order chi connectivity index (χ0) is 10.3. The quantitative estimate of drug-likeness (QED) is 0.353. The Morgan fingerprint density at radius 3 is 2.60 bits per heavy atom. The lowest BCUT2D eigenvalue weighted by molar-refractivity contribution is 0.314. The van der Waals surface area contributed by atoms with E-state index in [0.717, 1.165) is 5.56 Å². The Balaban J connectivity index is 1.79. The third-order valence-corrected chi connectivity index (χ3v) is 3.06. The summed E-state index contributed by atoms with van der Waals surface area (Å²) in [6.07, 6.45) is 2.84. The van der Waals surface area contributed by atoms with Crippen molar-refractivity contribution >= 4 is 5.71 Å². The van der Waals surface area contributed by atoms with Crippen LogP contribution in [0.4, 0.5) is 0 Å². The van der Waals surface area contributed by atoms with E-state index in [9.17, 15) is 0 Å². The van der Waals surface area contributed by atoms with Crippen molar-refractivity contribution in [3.8, 4) is 0 Å². The predicted octanol–water partition coefficient (Wildman–Crippen LogP) is 2.04. The first-order chi connectivity index (χ1) is 7.40. The Labute approximate surface area is 88.4 Å². The molecule has 3 heteroatoms. The van der Waals surface area contributed by atoms with Gasteiger partial charge < -0.3 is 9.94 Å². The number of hydrogen-bond acceptors (Lipinski definition) is 3. The van der Waals surface area contributed by atoms with Crippen LogP contribution in [0.25, 0.3) is 0 Å². The summed E-state index contributed by atoms with van der Waals surface area (Å²) >= 11 is 0. The standard InChI is InChI=1S/C12H13NO2/c14-13-10(8-4-2-1-3-5-8)12-11(15-12)9-6-7-9/h1-5,9,11-12,14H,6-7H2/b13-10+. The van der Waals surface area contributed by atoms with Gasteiger partial charge in [0.1, 0.15) is 11.8 Å². The maximum atomic E-state index is 9.02. The first kappa shape index (κ1) is 8.92. The van der Waals surface area contributed by atoms with Gasteiger partial charge in [0.05, 0.1) is 6.10 Å². The molecule has 3 nitrogen and oxygen atoms in total. The number of epoxide rings is 1. The summed E-state index contributed by atoms with van der Waals surface area (Å²) in [5.41, 5.74) is 1.63. The molecule has 0 spiro atoms. The number of rotatable bonds is 3. The van der Waals surface area contributed by atoms with Gasteiger partial charge in [-0.25, -0.2) is 0 Å². The molecule has 3 rings (SSSR count). The van der Waals surface area contributed by atoms with Gasteiger partial charge in [-0.05, 0) is 18.8 Å². The molecule has 1 heterocycles. The minimum Gasteiger partial charge on any atom is -0.411 e. The maximum Gasteiger partial charge on any atom is 0.130 e. The average Bonchev–Trinajstić information content (AvgIpc) is 3.14. The van der Waals surface area contributed by atoms with Gasteiger partial charge >= 0.3 is 0 Å². The van der Waals surface area contributed by atoms with Crippen LogP contribution in [0.3, 0.4) is 0 Å². The van der Waals surface area contributed by atoms with E-state index in [4.69, 9.17) is 9.94 Å². The summed E-state index contributed by atoms with van der Waals surface area (Å²) in [6, 6.07) is 9.72. The van der Waals surface area contributed by atoms with Crippen molar-refractivity contribution in [1.82, 2.24) is 0 Å². The lowest BCUT2D eigenvalue weighted by Gasteiger charge is -1.99. The molecule has 1 aliphatic carbocycles. The molecule has 15 heavy (non-hydrogen) atoms. The third kappa shape index (κ3) is 1.63. The highest BCUT2D eigenvalue weighted by atomic mass is 16.6. The van der Waals surface area contributed by atoms with E-state index in [1.54, 1.807) is 0 Å². The molecule has 0 bridgehead atoms. The highest BCUT2D eigenvalue weighted by Crippen LogP contribution is 2.45. The molecule has 1 N–H and O–H groups in total. The van der Waals surface area contributed by atoms with E-state index in [-0.39, 0.29) is 6.10 Å². The SMILES string of the molecule is O/N=C(\c1ccccc1)C1OC1C1CC1. The smallest absolute Gasteiger partial charge is 0.130 e. The highest BCUT2D eigenvalue weighted by Gasteiger charge is 2.52. The lowest BCUT2D eigenvalue weighted by Crippen LogP contribution is -2.12. The molecule has 1 aliphatic heterocycles. The van der Waals surface area contributed by atoms with Crippen molar-refractivity contribution in [3.63, 3.8) is 0 Å². The second kappa shape index (κ2) is 3.35. The Kier molecular flexibility index (Phi) is 1.99. The zero-order valence-electron chi connectivity index (χ0n) is 8.34. The van der Waals surface area contributed by atoms with Gasteiger partial charge in [0.2, 0.25) is 0 Å². The van der Waals surface area contributed by atoms with Crippen LogP contribution in [0, 0.1) is 5.92 Å². The molecule has 78 valence electrons. The fourth-order valence-electron chi connectivity index (χ4n) is 2.01. The van der Waals surface area contributed by atoms with Crippen LogP contribution in [0.5, 0.6) is 0 Å². The van der Waals surface area contributed by atoms with Crippen LogP contribution < -0.4 is 0 Å². The molecular weight excluding hydrogens is 190 g/mol. The summed E-state index contributed by atoms with van der Waals surface area (Å²) in [5, 5.41) is 12.4. The maximum absolute atomic E-state index is 9.02. The largest absolute Gasteiger partial charge is 0.411 e. The normalized spacial score (nSPS) is 30.3. The highest BCUT2D eigenvalue weighted by molar-refractivity contribution is 6.05. The van der Waals surface area contributed by atoms with E-state index in [2.05, 4.69) is 5.16 Å². The third-order valence-electron chi connectivity index (χ3n) is 3.06. The lowest BCUT2D eigenvalue weighted by atomic mass is 10.0. The molecule has 1 saturated heterocycles. The van der Waals surface area contributed by atoms with Crippen molar-refractivity contribution in [3.05, 3.63) is 35.9 Å². The average molecular weight is 203 g/mol. The summed E-state index contributed by atoms with van der Waals surface area (Å²) in [7, 11) is 0. The van der Waals surface area contributed by atoms with Crippen LogP contribution in [-0.2, 0) is 4.74 Å². The number of benzene rings is 1. The fraction of sp³-hybridized carbons (Fsp3) is 0.417. The Morgan fingerprint density at radius 2 is 2.00 bits per heavy atom. The zero-order valence-corrected chi connectivity index (χ0v) is 8.34. The number of hydrogen-bond donors (Lipinski definition) is 1. The van der Waals surface area contributed by atoms with Gasteiger partial charge in [-0.1, -0.05) is 35.5 Å². The van der Waals surface area contributed by atoms with Crippen molar-refractivity contribution in [2.24, 2.45) is 11.1 Å². The molecule has 1 saturated carbocycles. The van der Waals surface area contributed by atoms with Gasteiger partial charge in [0.25, 0.3) is 0 Å². The van der Waals surface area contributed by atoms with Crippen molar-refractivity contribution in [1.29, 1.82) is 0 Å². The molecule has 2 atom stereocenters. The summed E-state index contributed by atoms with van der Waals surface area (Å²) < 4.78 is 5.56. The first-order valence-corrected chi connectivity index (χ1v) is 5.33. The van der Waals surface area contributed by atoms with E-state index >= 15 is 0 Å². The molecule has 2 aliphatic rings. The monoisotopic (exact) mass is 203 g/mol. The van der Waals surface area contributed by atoms with Gasteiger partial charge in [-0.2, -0.15) is 0 Å². The molecular formula is C12H13NO2. The second-order valence-corrected chi connectivity index (χ2v) is 4.21. The molecule has 0 radical (unpaired) electrons. The molecule has 0 aromatic heterocycles. The van der Waals surface area contributed by atoms with Crippen molar-refractivity contribution < 1.29 is 9.94 Å². The van der Waals surface area contributed by atoms with Gasteiger partial charge in [0, 0.05) is 5.56 Å². The molecule has 1 aromatic carbocycles. The van der Waals surface area contributed by atoms with Crippen molar-refractivity contribution in [2.45, 2.75) is 25.0 Å². The van der Waals surface area contributed by atoms with Crippen LogP contribution in [0.15, 0.2) is 35.5 Å². The fourth-order valence-corrected chi connectivity index (χ4v) is 2.01. The Morgan fingerprint density at radius 1 is 1.27 bits per heavy atom. The minimum absolute atomic E-state index is 0.0184. The van der Waals surface area contributed by atoms with E-state index in [0.29, 0.717) is 17.7 Å². The van der Waals surface area contributed by atoms with Crippen LogP contribution in [0.1, 0.15) is 18.4 Å². The molecule has 2 fully saturated rings. The van der Waals surface area contributed by atoms with Crippen LogP contribution in [0.2, 0.25) is 0 Å². The number of oxime groups is 1. The van der Waals surface area contributed by atoms with Crippen molar-refractivity contribution in [2.75, 3.05) is 0 Å².